The van der Waals surface area contributed by atoms with Gasteiger partial charge in [-0.2, -0.15) is 5.26 Å². The average molecular weight is 510 g/mol. The van der Waals surface area contributed by atoms with E-state index in [1.165, 1.54) is 6.42 Å². The summed E-state index contributed by atoms with van der Waals surface area (Å²) < 4.78 is 0. The fourth-order valence-electron chi connectivity index (χ4n) is 3.76. The van der Waals surface area contributed by atoms with E-state index in [1.54, 1.807) is 7.05 Å². The minimum atomic E-state index is 0. The molecule has 3 rings (SSSR count). The summed E-state index contributed by atoms with van der Waals surface area (Å²) in [5.41, 5.74) is 1.79. The molecule has 0 saturated carbocycles. The van der Waals surface area contributed by atoms with Gasteiger partial charge in [-0.25, -0.2) is 0 Å². The Balaban J connectivity index is 0.00000300. The number of carbonyl (C=O) groups is 1. The highest BCUT2D eigenvalue weighted by Gasteiger charge is 2.23. The lowest BCUT2D eigenvalue weighted by Gasteiger charge is -2.37. The van der Waals surface area contributed by atoms with Gasteiger partial charge in [0, 0.05) is 52.9 Å². The summed E-state index contributed by atoms with van der Waals surface area (Å²) >= 11 is 0. The number of nitrogens with zero attached hydrogens (tertiary/aromatic N) is 5. The number of piperazine rings is 1. The number of nitrogens with one attached hydrogen (secondary N) is 1. The number of guanidine groups is 1. The Morgan fingerprint density at radius 3 is 2.28 bits per heavy atom. The topological polar surface area (TPSA) is 75.0 Å². The molecule has 1 aromatic carbocycles. The minimum Gasteiger partial charge on any atom is -0.352 e. The van der Waals surface area contributed by atoms with Gasteiger partial charge in [-0.15, -0.1) is 24.0 Å². The molecule has 0 radical (unpaired) electrons. The van der Waals surface area contributed by atoms with Gasteiger partial charge in [0.05, 0.1) is 18.2 Å². The van der Waals surface area contributed by atoms with Crippen molar-refractivity contribution >= 4 is 35.8 Å². The van der Waals surface area contributed by atoms with Crippen LogP contribution in [0.25, 0.3) is 0 Å². The van der Waals surface area contributed by atoms with E-state index in [1.807, 2.05) is 29.2 Å². The van der Waals surface area contributed by atoms with Crippen LogP contribution in [-0.4, -0.2) is 79.4 Å². The second-order valence-corrected chi connectivity index (χ2v) is 7.41. The Morgan fingerprint density at radius 1 is 1.03 bits per heavy atom. The van der Waals surface area contributed by atoms with Crippen molar-refractivity contribution in [2.75, 3.05) is 52.9 Å². The maximum Gasteiger partial charge on any atom is 0.236 e. The Bertz CT molecular complexity index is 716. The molecule has 1 N–H and O–H groups in total. The Kier molecular flexibility index (Phi) is 9.67. The average Bonchev–Trinajstić information content (AvgIpc) is 2.76. The number of nitriles is 1. The third-order valence-corrected chi connectivity index (χ3v) is 5.48. The fourth-order valence-corrected chi connectivity index (χ4v) is 3.76. The van der Waals surface area contributed by atoms with E-state index in [2.05, 4.69) is 26.2 Å². The highest BCUT2D eigenvalue weighted by molar-refractivity contribution is 14.0. The molecule has 7 nitrogen and oxygen atoms in total. The van der Waals surface area contributed by atoms with Crippen molar-refractivity contribution < 1.29 is 4.79 Å². The zero-order valence-corrected chi connectivity index (χ0v) is 19.5. The van der Waals surface area contributed by atoms with Crippen molar-refractivity contribution in [1.29, 1.82) is 5.26 Å². The van der Waals surface area contributed by atoms with E-state index >= 15 is 0 Å². The van der Waals surface area contributed by atoms with Crippen molar-refractivity contribution in [3.8, 4) is 6.07 Å². The number of benzene rings is 1. The second kappa shape index (κ2) is 12.0. The molecule has 0 unspecified atom stereocenters. The van der Waals surface area contributed by atoms with Crippen LogP contribution in [0.4, 0.5) is 0 Å². The van der Waals surface area contributed by atoms with Gasteiger partial charge in [-0.1, -0.05) is 12.1 Å². The molecule has 1 amide bonds. The van der Waals surface area contributed by atoms with Gasteiger partial charge in [0.25, 0.3) is 0 Å². The van der Waals surface area contributed by atoms with Crippen LogP contribution >= 0.6 is 24.0 Å². The molecule has 2 fully saturated rings. The SMILES string of the molecule is CN=C(NCc1ccc(C#N)cc1)N1CCN(CC(=O)N2CCCCC2)CC1.I. The number of amides is 1. The van der Waals surface area contributed by atoms with Crippen LogP contribution in [0, 0.1) is 11.3 Å². The molecule has 158 valence electrons. The predicted molar refractivity (Wildman–Crippen MR) is 125 cm³/mol. The highest BCUT2D eigenvalue weighted by Crippen LogP contribution is 2.10. The summed E-state index contributed by atoms with van der Waals surface area (Å²) in [5.74, 6) is 1.16. The first kappa shape index (κ1) is 23.4. The molecular formula is C21H31IN6O. The predicted octanol–water partition coefficient (Wildman–Crippen LogP) is 1.88. The summed E-state index contributed by atoms with van der Waals surface area (Å²) in [6, 6.07) is 9.72. The number of hydrogen-bond donors (Lipinski definition) is 1. The summed E-state index contributed by atoms with van der Waals surface area (Å²) in [7, 11) is 1.80. The maximum absolute atomic E-state index is 12.5. The van der Waals surface area contributed by atoms with Gasteiger partial charge in [0.2, 0.25) is 5.91 Å². The lowest BCUT2D eigenvalue weighted by molar-refractivity contribution is -0.133. The van der Waals surface area contributed by atoms with Crippen molar-refractivity contribution in [2.45, 2.75) is 25.8 Å². The molecule has 2 aliphatic heterocycles. The van der Waals surface area contributed by atoms with Crippen LogP contribution in [-0.2, 0) is 11.3 Å². The molecule has 1 aromatic rings. The van der Waals surface area contributed by atoms with Crippen LogP contribution in [0.2, 0.25) is 0 Å². The van der Waals surface area contributed by atoms with E-state index in [0.29, 0.717) is 18.7 Å². The van der Waals surface area contributed by atoms with Gasteiger partial charge in [0.15, 0.2) is 5.96 Å². The lowest BCUT2D eigenvalue weighted by Crippen LogP contribution is -2.54. The molecule has 2 saturated heterocycles. The molecule has 0 aliphatic carbocycles. The Labute approximate surface area is 190 Å². The number of piperidine rings is 1. The van der Waals surface area contributed by atoms with Crippen LogP contribution in [0.3, 0.4) is 0 Å². The number of halogens is 1. The number of likely N-dealkylation sites (tertiary alicyclic amines) is 1. The van der Waals surface area contributed by atoms with E-state index in [4.69, 9.17) is 5.26 Å². The zero-order valence-electron chi connectivity index (χ0n) is 17.1. The quantitative estimate of drug-likeness (QED) is 0.381. The van der Waals surface area contributed by atoms with Gasteiger partial charge >= 0.3 is 0 Å². The first-order valence-corrected chi connectivity index (χ1v) is 10.1. The largest absolute Gasteiger partial charge is 0.352 e. The van der Waals surface area contributed by atoms with Gasteiger partial charge in [-0.05, 0) is 37.0 Å². The summed E-state index contributed by atoms with van der Waals surface area (Å²) in [5, 5.41) is 12.3. The van der Waals surface area contributed by atoms with Gasteiger partial charge in [0.1, 0.15) is 0 Å². The second-order valence-electron chi connectivity index (χ2n) is 7.41. The number of carbonyl (C=O) groups excluding carboxylic acids is 1. The Morgan fingerprint density at radius 2 is 1.69 bits per heavy atom. The molecule has 2 aliphatic rings. The number of aliphatic imine (C=N–C) groups is 1. The normalized spacial score (nSPS) is 18.0. The first-order valence-electron chi connectivity index (χ1n) is 10.1. The van der Waals surface area contributed by atoms with Crippen molar-refractivity contribution in [2.24, 2.45) is 4.99 Å². The lowest BCUT2D eigenvalue weighted by atomic mass is 10.1. The van der Waals surface area contributed by atoms with Crippen LogP contribution in [0.5, 0.6) is 0 Å². The van der Waals surface area contributed by atoms with Crippen molar-refractivity contribution in [3.63, 3.8) is 0 Å². The smallest absolute Gasteiger partial charge is 0.236 e. The molecule has 0 aromatic heterocycles. The monoisotopic (exact) mass is 510 g/mol. The maximum atomic E-state index is 12.5. The van der Waals surface area contributed by atoms with E-state index in [9.17, 15) is 4.79 Å². The van der Waals surface area contributed by atoms with Gasteiger partial charge < -0.3 is 15.1 Å². The van der Waals surface area contributed by atoms with Crippen molar-refractivity contribution in [3.05, 3.63) is 35.4 Å². The third kappa shape index (κ3) is 6.85. The number of rotatable bonds is 4. The molecule has 2 heterocycles. The molecule has 0 bridgehead atoms. The molecule has 0 spiro atoms. The fraction of sp³-hybridized carbons (Fsp3) is 0.571. The summed E-state index contributed by atoms with van der Waals surface area (Å²) in [6.07, 6.45) is 3.53. The van der Waals surface area contributed by atoms with E-state index in [0.717, 1.165) is 63.6 Å². The van der Waals surface area contributed by atoms with E-state index in [-0.39, 0.29) is 29.9 Å². The molecule has 29 heavy (non-hydrogen) atoms. The van der Waals surface area contributed by atoms with Crippen LogP contribution < -0.4 is 5.32 Å². The standard InChI is InChI=1S/C21H30N6O.HI/c1-23-21(24-16-19-7-5-18(15-22)6-8-19)27-13-11-25(12-14-27)17-20(28)26-9-3-2-4-10-26;/h5-8H,2-4,9-14,16-17H2,1H3,(H,23,24);1H. The van der Waals surface area contributed by atoms with Crippen molar-refractivity contribution in [1.82, 2.24) is 20.0 Å². The molecule has 0 atom stereocenters. The first-order chi connectivity index (χ1) is 13.7. The van der Waals surface area contributed by atoms with Gasteiger partial charge in [-0.3, -0.25) is 14.7 Å². The summed E-state index contributed by atoms with van der Waals surface area (Å²) in [4.78, 5) is 23.4. The molecular weight excluding hydrogens is 479 g/mol. The molecule has 8 heteroatoms. The third-order valence-electron chi connectivity index (χ3n) is 5.48. The van der Waals surface area contributed by atoms with Crippen LogP contribution in [0.1, 0.15) is 30.4 Å². The van der Waals surface area contributed by atoms with Crippen LogP contribution in [0.15, 0.2) is 29.3 Å². The van der Waals surface area contributed by atoms with E-state index < -0.39 is 0 Å². The minimum absolute atomic E-state index is 0. The zero-order chi connectivity index (χ0) is 19.8. The number of hydrogen-bond acceptors (Lipinski definition) is 4. The Hall–Kier alpha value is -1.86. The highest BCUT2D eigenvalue weighted by atomic mass is 127. The summed E-state index contributed by atoms with van der Waals surface area (Å²) in [6.45, 7) is 6.52.